The molecule has 0 N–H and O–H groups in total. The number of fused-ring (bicyclic) bond motifs is 7. The minimum atomic E-state index is 1.19. The second-order valence-corrected chi connectivity index (χ2v) is 11.2. The fraction of sp³-hybridized carbons (Fsp3) is 0.0571. The molecule has 8 rings (SSSR count). The van der Waals surface area contributed by atoms with Crippen molar-refractivity contribution in [2.45, 2.75) is 6.92 Å². The van der Waals surface area contributed by atoms with Crippen LogP contribution in [0.15, 0.2) is 115 Å². The number of aromatic nitrogens is 2. The van der Waals surface area contributed by atoms with Crippen LogP contribution in [0.2, 0.25) is 0 Å². The van der Waals surface area contributed by atoms with Gasteiger partial charge in [-0.25, -0.2) is 4.57 Å². The third-order valence-corrected chi connectivity index (χ3v) is 9.16. The molecule has 0 saturated carbocycles. The largest absolute Gasteiger partial charge is 0.309 e. The Bertz CT molecular complexity index is 2160. The molecule has 0 aliphatic carbocycles. The summed E-state index contributed by atoms with van der Waals surface area (Å²) in [5, 5.41) is 7.77. The summed E-state index contributed by atoms with van der Waals surface area (Å²) < 4.78 is 7.38. The molecule has 3 aromatic heterocycles. The Morgan fingerprint density at radius 3 is 2.05 bits per heavy atom. The molecular weight excluding hydrogens is 480 g/mol. The van der Waals surface area contributed by atoms with E-state index in [1.165, 1.54) is 75.3 Å². The summed E-state index contributed by atoms with van der Waals surface area (Å²) in [4.78, 5) is 0. The van der Waals surface area contributed by atoms with Crippen LogP contribution in [0.3, 0.4) is 0 Å². The van der Waals surface area contributed by atoms with Gasteiger partial charge in [0.15, 0.2) is 6.20 Å². The highest BCUT2D eigenvalue weighted by Gasteiger charge is 2.22. The van der Waals surface area contributed by atoms with Gasteiger partial charge in [0.05, 0.1) is 22.0 Å². The van der Waals surface area contributed by atoms with Gasteiger partial charge in [-0.3, -0.25) is 0 Å². The Kier molecular flexibility index (Phi) is 4.55. The van der Waals surface area contributed by atoms with Gasteiger partial charge in [-0.1, -0.05) is 66.7 Å². The molecule has 3 heteroatoms. The molecule has 0 saturated heterocycles. The monoisotopic (exact) mass is 505 g/mol. The van der Waals surface area contributed by atoms with E-state index in [0.717, 1.165) is 0 Å². The van der Waals surface area contributed by atoms with Gasteiger partial charge in [0.2, 0.25) is 5.69 Å². The fourth-order valence-electron chi connectivity index (χ4n) is 6.19. The molecule has 0 spiro atoms. The second kappa shape index (κ2) is 8.01. The van der Waals surface area contributed by atoms with Gasteiger partial charge in [-0.05, 0) is 54.3 Å². The molecule has 0 bridgehead atoms. The van der Waals surface area contributed by atoms with E-state index in [9.17, 15) is 0 Å². The number of hydrogen-bond donors (Lipinski definition) is 0. The second-order valence-electron chi connectivity index (χ2n) is 10.1. The first-order valence-corrected chi connectivity index (χ1v) is 13.8. The third kappa shape index (κ3) is 2.97. The van der Waals surface area contributed by atoms with Gasteiger partial charge >= 0.3 is 0 Å². The van der Waals surface area contributed by atoms with Crippen LogP contribution in [-0.2, 0) is 7.05 Å². The van der Waals surface area contributed by atoms with Crippen molar-refractivity contribution >= 4 is 64.1 Å². The van der Waals surface area contributed by atoms with Crippen LogP contribution in [0.5, 0.6) is 0 Å². The van der Waals surface area contributed by atoms with Crippen LogP contribution in [0.4, 0.5) is 0 Å². The van der Waals surface area contributed by atoms with Crippen molar-refractivity contribution in [1.29, 1.82) is 0 Å². The van der Waals surface area contributed by atoms with E-state index in [1.807, 2.05) is 11.3 Å². The van der Waals surface area contributed by atoms with Crippen molar-refractivity contribution in [3.8, 4) is 16.9 Å². The van der Waals surface area contributed by atoms with E-state index in [2.05, 4.69) is 138 Å². The van der Waals surface area contributed by atoms with Gasteiger partial charge in [0, 0.05) is 42.7 Å². The molecule has 3 heterocycles. The van der Waals surface area contributed by atoms with E-state index >= 15 is 0 Å². The first-order chi connectivity index (χ1) is 18.7. The van der Waals surface area contributed by atoms with Crippen molar-refractivity contribution < 1.29 is 4.57 Å². The van der Waals surface area contributed by atoms with Crippen LogP contribution in [0, 0.1) is 6.92 Å². The summed E-state index contributed by atoms with van der Waals surface area (Å²) >= 11 is 1.90. The lowest BCUT2D eigenvalue weighted by atomic mass is 9.97. The number of nitrogens with zero attached hydrogens (tertiary/aromatic N) is 2. The zero-order valence-electron chi connectivity index (χ0n) is 21.3. The van der Waals surface area contributed by atoms with Crippen LogP contribution in [0.25, 0.3) is 69.7 Å². The molecule has 0 unspecified atom stereocenters. The first-order valence-electron chi connectivity index (χ1n) is 13.0. The molecule has 0 fully saturated rings. The molecule has 38 heavy (non-hydrogen) atoms. The number of thiophene rings is 1. The Balaban J connectivity index is 1.42. The van der Waals surface area contributed by atoms with Crippen molar-refractivity contribution in [3.63, 3.8) is 0 Å². The van der Waals surface area contributed by atoms with Crippen molar-refractivity contribution in [2.24, 2.45) is 7.05 Å². The van der Waals surface area contributed by atoms with Gasteiger partial charge < -0.3 is 4.57 Å². The van der Waals surface area contributed by atoms with Gasteiger partial charge in [-0.2, -0.15) is 0 Å². The highest BCUT2D eigenvalue weighted by Crippen LogP contribution is 2.42. The van der Waals surface area contributed by atoms with E-state index in [4.69, 9.17) is 0 Å². The Morgan fingerprint density at radius 2 is 1.29 bits per heavy atom. The molecule has 180 valence electrons. The normalized spacial score (nSPS) is 11.9. The predicted octanol–water partition coefficient (Wildman–Crippen LogP) is 9.10. The summed E-state index contributed by atoms with van der Waals surface area (Å²) in [6.07, 6.45) is 2.21. The summed E-state index contributed by atoms with van der Waals surface area (Å²) in [5.74, 6) is 0. The molecule has 0 atom stereocenters. The average molecular weight is 506 g/mol. The van der Waals surface area contributed by atoms with Gasteiger partial charge in [0.25, 0.3) is 0 Å². The highest BCUT2D eigenvalue weighted by atomic mass is 32.1. The van der Waals surface area contributed by atoms with Gasteiger partial charge in [0.1, 0.15) is 7.05 Å². The zero-order valence-corrected chi connectivity index (χ0v) is 22.1. The van der Waals surface area contributed by atoms with Gasteiger partial charge in [-0.15, -0.1) is 11.3 Å². The fourth-order valence-corrected chi connectivity index (χ4v) is 7.49. The Morgan fingerprint density at radius 1 is 0.632 bits per heavy atom. The Hall–Kier alpha value is -4.47. The summed E-state index contributed by atoms with van der Waals surface area (Å²) in [7, 11) is 2.17. The smallest absolute Gasteiger partial charge is 0.221 e. The molecule has 8 aromatic rings. The standard InChI is InChI=1S/C35H25N2S/c1-22-15-17-29-28-11-5-8-14-32(28)38-35(29)33(22)34-25-18-16-24(21-23(25)19-20-36(34)2)37-30-12-6-3-9-26(30)27-10-4-7-13-31(27)37/h3-21H,1-2H3/q+1. The number of benzene rings is 5. The lowest BCUT2D eigenvalue weighted by molar-refractivity contribution is -0.659. The van der Waals surface area contributed by atoms with Crippen LogP contribution < -0.4 is 4.57 Å². The molecule has 0 aliphatic heterocycles. The summed E-state index contributed by atoms with van der Waals surface area (Å²) in [5.41, 5.74) is 7.57. The summed E-state index contributed by atoms with van der Waals surface area (Å²) in [6.45, 7) is 2.24. The number of para-hydroxylation sites is 2. The molecule has 0 radical (unpaired) electrons. The number of rotatable bonds is 2. The number of hydrogen-bond acceptors (Lipinski definition) is 1. The lowest BCUT2D eigenvalue weighted by Crippen LogP contribution is -2.30. The van der Waals surface area contributed by atoms with Crippen LogP contribution >= 0.6 is 11.3 Å². The first kappa shape index (κ1) is 21.6. The summed E-state index contributed by atoms with van der Waals surface area (Å²) in [6, 6.07) is 39.9. The lowest BCUT2D eigenvalue weighted by Gasteiger charge is -2.12. The minimum Gasteiger partial charge on any atom is -0.309 e. The Labute approximate surface area is 224 Å². The maximum atomic E-state index is 2.40. The number of aryl methyl sites for hydroxylation is 2. The SMILES string of the molecule is Cc1ccc2c(sc3ccccc32)c1-c1c2ccc(-n3c4ccccc4c4ccccc43)cc2cc[n+]1C. The van der Waals surface area contributed by atoms with E-state index in [-0.39, 0.29) is 0 Å². The maximum absolute atomic E-state index is 2.40. The van der Waals surface area contributed by atoms with Crippen LogP contribution in [-0.4, -0.2) is 4.57 Å². The molecule has 0 aliphatic rings. The van der Waals surface area contributed by atoms with Crippen LogP contribution in [0.1, 0.15) is 5.56 Å². The quantitative estimate of drug-likeness (QED) is 0.207. The van der Waals surface area contributed by atoms with E-state index in [0.29, 0.717) is 0 Å². The molecule has 2 nitrogen and oxygen atoms in total. The highest BCUT2D eigenvalue weighted by molar-refractivity contribution is 7.26. The zero-order chi connectivity index (χ0) is 25.4. The molecule has 5 aromatic carbocycles. The van der Waals surface area contributed by atoms with Crippen molar-refractivity contribution in [3.05, 3.63) is 121 Å². The molecular formula is C35H25N2S+. The van der Waals surface area contributed by atoms with E-state index in [1.54, 1.807) is 0 Å². The van der Waals surface area contributed by atoms with Crippen molar-refractivity contribution in [1.82, 2.24) is 4.57 Å². The molecule has 0 amide bonds. The maximum Gasteiger partial charge on any atom is 0.221 e. The minimum absolute atomic E-state index is 1.19. The van der Waals surface area contributed by atoms with Crippen molar-refractivity contribution in [2.75, 3.05) is 0 Å². The topological polar surface area (TPSA) is 8.81 Å². The van der Waals surface area contributed by atoms with E-state index < -0.39 is 0 Å². The number of pyridine rings is 1. The third-order valence-electron chi connectivity index (χ3n) is 7.95. The average Bonchev–Trinajstić information content (AvgIpc) is 3.49. The predicted molar refractivity (Wildman–Crippen MR) is 163 cm³/mol.